The van der Waals surface area contributed by atoms with Crippen molar-refractivity contribution in [2.45, 2.75) is 32.2 Å². The second kappa shape index (κ2) is 5.40. The summed E-state index contributed by atoms with van der Waals surface area (Å²) in [7, 11) is 0. The molecule has 4 nitrogen and oxygen atoms in total. The lowest BCUT2D eigenvalue weighted by Crippen LogP contribution is -2.31. The molecule has 0 radical (unpaired) electrons. The van der Waals surface area contributed by atoms with Crippen LogP contribution in [0.4, 0.5) is 0 Å². The highest BCUT2D eigenvalue weighted by Gasteiger charge is 2.31. The molecule has 1 aromatic heterocycles. The molecule has 2 amide bonds. The summed E-state index contributed by atoms with van der Waals surface area (Å²) >= 11 is 1.56. The molecule has 3 rings (SSSR count). The van der Waals surface area contributed by atoms with Gasteiger partial charge in [0.25, 0.3) is 5.91 Å². The highest BCUT2D eigenvalue weighted by atomic mass is 32.1. The predicted octanol–water partition coefficient (Wildman–Crippen LogP) is 2.52. The van der Waals surface area contributed by atoms with Crippen LogP contribution in [0.5, 0.6) is 0 Å². The summed E-state index contributed by atoms with van der Waals surface area (Å²) in [5, 5.41) is 6.84. The average molecular weight is 290 g/mol. The Labute approximate surface area is 122 Å². The largest absolute Gasteiger partial charge is 0.356 e. The molecule has 1 saturated heterocycles. The molecule has 0 bridgehead atoms. The summed E-state index contributed by atoms with van der Waals surface area (Å²) in [6.45, 7) is 5.40. The van der Waals surface area contributed by atoms with E-state index in [2.05, 4.69) is 11.9 Å². The van der Waals surface area contributed by atoms with Gasteiger partial charge in [-0.1, -0.05) is 13.0 Å². The predicted molar refractivity (Wildman–Crippen MR) is 78.3 cm³/mol. The van der Waals surface area contributed by atoms with Crippen LogP contribution in [-0.4, -0.2) is 23.3 Å². The fourth-order valence-corrected chi connectivity index (χ4v) is 3.69. The first-order valence-electron chi connectivity index (χ1n) is 6.99. The van der Waals surface area contributed by atoms with Crippen LogP contribution in [0.25, 0.3) is 0 Å². The monoisotopic (exact) mass is 290 g/mol. The maximum Gasteiger partial charge on any atom is 0.259 e. The quantitative estimate of drug-likeness (QED) is 0.930. The van der Waals surface area contributed by atoms with Crippen LogP contribution in [0, 0.1) is 5.92 Å². The van der Waals surface area contributed by atoms with Gasteiger partial charge in [-0.3, -0.25) is 9.59 Å². The Hall–Kier alpha value is -1.62. The third-order valence-corrected chi connectivity index (χ3v) is 4.85. The number of amides is 2. The van der Waals surface area contributed by atoms with E-state index in [0.717, 1.165) is 42.6 Å². The van der Waals surface area contributed by atoms with Crippen molar-refractivity contribution in [2.75, 3.05) is 6.54 Å². The number of thiophene rings is 1. The van der Waals surface area contributed by atoms with Crippen molar-refractivity contribution in [3.05, 3.63) is 34.2 Å². The van der Waals surface area contributed by atoms with Crippen molar-refractivity contribution in [1.82, 2.24) is 10.2 Å². The molecule has 1 atom stereocenters. The number of fused-ring (bicyclic) bond motifs is 1. The first kappa shape index (κ1) is 13.4. The standard InChI is InChI=1S/C15H18N2O2S/c1-10(6-11-4-2-3-5-16-14(11)18)17-7-12-8-20-9-13(12)15(17)19/h8-9,11H,1-7H2,(H,16,18)/t11-/m0/s1. The van der Waals surface area contributed by atoms with Gasteiger partial charge in [0.15, 0.2) is 0 Å². The van der Waals surface area contributed by atoms with Crippen LogP contribution >= 0.6 is 11.3 Å². The van der Waals surface area contributed by atoms with Crippen LogP contribution < -0.4 is 5.32 Å². The molecule has 1 N–H and O–H groups in total. The fourth-order valence-electron chi connectivity index (χ4n) is 2.87. The Morgan fingerprint density at radius 1 is 1.40 bits per heavy atom. The average Bonchev–Trinajstić information content (AvgIpc) is 2.94. The molecule has 1 fully saturated rings. The number of carbonyl (C=O) groups excluding carboxylic acids is 2. The summed E-state index contributed by atoms with van der Waals surface area (Å²) in [5.74, 6) is 0.0836. The number of allylic oxidation sites excluding steroid dienone is 1. The van der Waals surface area contributed by atoms with E-state index in [-0.39, 0.29) is 17.7 Å². The lowest BCUT2D eigenvalue weighted by molar-refractivity contribution is -0.124. The van der Waals surface area contributed by atoms with Gasteiger partial charge >= 0.3 is 0 Å². The number of hydrogen-bond acceptors (Lipinski definition) is 3. The van der Waals surface area contributed by atoms with Crippen LogP contribution in [0.2, 0.25) is 0 Å². The SMILES string of the molecule is C=C(C[C@@H]1CCCCNC1=O)N1Cc2cscc2C1=O. The summed E-state index contributed by atoms with van der Waals surface area (Å²) in [6, 6.07) is 0. The van der Waals surface area contributed by atoms with Crippen molar-refractivity contribution in [3.8, 4) is 0 Å². The minimum absolute atomic E-state index is 0.0280. The zero-order chi connectivity index (χ0) is 14.1. The molecule has 0 aromatic carbocycles. The van der Waals surface area contributed by atoms with Crippen molar-refractivity contribution in [2.24, 2.45) is 5.92 Å². The topological polar surface area (TPSA) is 49.4 Å². The van der Waals surface area contributed by atoms with Crippen molar-refractivity contribution < 1.29 is 9.59 Å². The van der Waals surface area contributed by atoms with E-state index in [1.807, 2.05) is 10.8 Å². The Kier molecular flexibility index (Phi) is 3.61. The number of hydrogen-bond donors (Lipinski definition) is 1. The van der Waals surface area contributed by atoms with Gasteiger partial charge in [0.05, 0.1) is 12.1 Å². The van der Waals surface area contributed by atoms with E-state index in [4.69, 9.17) is 0 Å². The summed E-state index contributed by atoms with van der Waals surface area (Å²) in [4.78, 5) is 25.9. The molecule has 2 aliphatic rings. The van der Waals surface area contributed by atoms with Crippen LogP contribution in [0.15, 0.2) is 23.0 Å². The Morgan fingerprint density at radius 3 is 3.05 bits per heavy atom. The molecule has 0 saturated carbocycles. The molecule has 0 unspecified atom stereocenters. The normalized spacial score (nSPS) is 22.4. The van der Waals surface area contributed by atoms with Crippen molar-refractivity contribution in [1.29, 1.82) is 0 Å². The third-order valence-electron chi connectivity index (χ3n) is 4.06. The van der Waals surface area contributed by atoms with Crippen molar-refractivity contribution in [3.63, 3.8) is 0 Å². The number of rotatable bonds is 3. The lowest BCUT2D eigenvalue weighted by Gasteiger charge is -2.22. The smallest absolute Gasteiger partial charge is 0.259 e. The van der Waals surface area contributed by atoms with E-state index in [0.29, 0.717) is 13.0 Å². The van der Waals surface area contributed by atoms with Gasteiger partial charge in [-0.2, -0.15) is 11.3 Å². The van der Waals surface area contributed by atoms with Gasteiger partial charge in [-0.05, 0) is 30.2 Å². The van der Waals surface area contributed by atoms with E-state index >= 15 is 0 Å². The van der Waals surface area contributed by atoms with Crippen LogP contribution in [0.1, 0.15) is 41.6 Å². The maximum atomic E-state index is 12.3. The van der Waals surface area contributed by atoms with E-state index in [1.54, 1.807) is 16.2 Å². The van der Waals surface area contributed by atoms with E-state index in [9.17, 15) is 9.59 Å². The molecule has 0 aliphatic carbocycles. The molecule has 1 aromatic rings. The zero-order valence-electron chi connectivity index (χ0n) is 11.4. The minimum Gasteiger partial charge on any atom is -0.356 e. The van der Waals surface area contributed by atoms with Gasteiger partial charge in [0, 0.05) is 23.5 Å². The van der Waals surface area contributed by atoms with E-state index < -0.39 is 0 Å². The van der Waals surface area contributed by atoms with Gasteiger partial charge in [-0.15, -0.1) is 0 Å². The van der Waals surface area contributed by atoms with Crippen LogP contribution in [-0.2, 0) is 11.3 Å². The number of carbonyl (C=O) groups is 2. The fraction of sp³-hybridized carbons (Fsp3) is 0.467. The van der Waals surface area contributed by atoms with Crippen LogP contribution in [0.3, 0.4) is 0 Å². The van der Waals surface area contributed by atoms with Gasteiger partial charge in [0.1, 0.15) is 0 Å². The molecule has 106 valence electrons. The Morgan fingerprint density at radius 2 is 2.25 bits per heavy atom. The Bertz CT molecular complexity index is 564. The molecule has 2 aliphatic heterocycles. The van der Waals surface area contributed by atoms with Crippen molar-refractivity contribution >= 4 is 23.2 Å². The second-order valence-corrected chi connectivity index (χ2v) is 6.20. The second-order valence-electron chi connectivity index (χ2n) is 5.46. The molecule has 5 heteroatoms. The number of nitrogens with zero attached hydrogens (tertiary/aromatic N) is 1. The first-order chi connectivity index (χ1) is 9.66. The molecule has 0 spiro atoms. The van der Waals surface area contributed by atoms with Gasteiger partial charge in [0.2, 0.25) is 5.91 Å². The highest BCUT2D eigenvalue weighted by molar-refractivity contribution is 7.08. The molecule has 3 heterocycles. The van der Waals surface area contributed by atoms with Gasteiger partial charge in [-0.25, -0.2) is 0 Å². The molecular formula is C15H18N2O2S. The third kappa shape index (κ3) is 2.38. The minimum atomic E-state index is -0.0458. The summed E-state index contributed by atoms with van der Waals surface area (Å²) < 4.78 is 0. The maximum absolute atomic E-state index is 12.3. The summed E-state index contributed by atoms with van der Waals surface area (Å²) in [5.41, 5.74) is 2.63. The lowest BCUT2D eigenvalue weighted by atomic mass is 9.97. The summed E-state index contributed by atoms with van der Waals surface area (Å²) in [6.07, 6.45) is 3.55. The highest BCUT2D eigenvalue weighted by Crippen LogP contribution is 2.31. The molecular weight excluding hydrogens is 272 g/mol. The van der Waals surface area contributed by atoms with Gasteiger partial charge < -0.3 is 10.2 Å². The number of nitrogens with one attached hydrogen (secondary N) is 1. The first-order valence-corrected chi connectivity index (χ1v) is 7.93. The van der Waals surface area contributed by atoms with E-state index in [1.165, 1.54) is 0 Å². The molecule has 20 heavy (non-hydrogen) atoms. The zero-order valence-corrected chi connectivity index (χ0v) is 12.2. The Balaban J connectivity index is 1.67.